The molecule has 0 aliphatic carbocycles. The van der Waals surface area contributed by atoms with E-state index in [0.717, 1.165) is 51.2 Å². The fourth-order valence-electron chi connectivity index (χ4n) is 10.5. The lowest BCUT2D eigenvalue weighted by Gasteiger charge is -2.34. The molecule has 4 amide bonds. The first-order valence-electron chi connectivity index (χ1n) is 23.6. The van der Waals surface area contributed by atoms with Crippen LogP contribution in [0.1, 0.15) is 92.1 Å². The molecule has 4 aliphatic rings. The Hall–Kier alpha value is -6.73. The second kappa shape index (κ2) is 19.0. The number of nitrogens with zero attached hydrogens (tertiary/aromatic N) is 5. The molecule has 19 heteroatoms. The maximum Gasteiger partial charge on any atom is 0.407 e. The molecule has 10 rings (SSSR count). The van der Waals surface area contributed by atoms with Crippen molar-refractivity contribution in [2.75, 3.05) is 40.5 Å². The molecule has 0 saturated carbocycles. The van der Waals surface area contributed by atoms with Gasteiger partial charge in [0.1, 0.15) is 35.3 Å². The van der Waals surface area contributed by atoms with Crippen molar-refractivity contribution in [1.29, 1.82) is 0 Å². The van der Waals surface area contributed by atoms with E-state index < -0.39 is 36.3 Å². The number of fused-ring (bicyclic) bond motifs is 5. The Labute approximate surface area is 402 Å². The molecule has 362 valence electrons. The summed E-state index contributed by atoms with van der Waals surface area (Å²) < 4.78 is 41.0. The van der Waals surface area contributed by atoms with Crippen LogP contribution in [-0.4, -0.2) is 111 Å². The molecule has 0 bridgehead atoms. The molecular weight excluding hydrogens is 906 g/mol. The summed E-state index contributed by atoms with van der Waals surface area (Å²) in [6, 6.07) is 13.3. The summed E-state index contributed by atoms with van der Waals surface area (Å²) in [7, 11) is 2.56. The van der Waals surface area contributed by atoms with Gasteiger partial charge in [0.2, 0.25) is 18.0 Å². The van der Waals surface area contributed by atoms with Crippen molar-refractivity contribution in [2.45, 2.75) is 89.7 Å². The number of nitrogens with one attached hydrogen (secondary N) is 4. The van der Waals surface area contributed by atoms with E-state index in [0.29, 0.717) is 85.5 Å². The van der Waals surface area contributed by atoms with Crippen molar-refractivity contribution in [1.82, 2.24) is 44.9 Å². The van der Waals surface area contributed by atoms with Gasteiger partial charge >= 0.3 is 12.2 Å². The summed E-state index contributed by atoms with van der Waals surface area (Å²) in [4.78, 5) is 74.6. The average molecular weight is 962 g/mol. The number of likely N-dealkylation sites (tertiary alicyclic amines) is 2. The van der Waals surface area contributed by atoms with Gasteiger partial charge in [0, 0.05) is 53.9 Å². The Bertz CT molecular complexity index is 2920. The molecule has 0 spiro atoms. The van der Waals surface area contributed by atoms with Crippen LogP contribution in [0.5, 0.6) is 5.75 Å². The van der Waals surface area contributed by atoms with E-state index in [1.54, 1.807) is 28.6 Å². The number of ether oxygens (including phenoxy) is 4. The Balaban J connectivity index is 0.941. The minimum atomic E-state index is -0.771. The maximum absolute atomic E-state index is 16.9. The summed E-state index contributed by atoms with van der Waals surface area (Å²) in [5.41, 5.74) is 4.50. The SMILES string of the molecule is COC(=O)N[C@H](C(=O)N1CCC[C@H]1c1nc(-c2cc(F)c3c(c2)OC(c2ccc(C)s2)n2c-3cc3cc(-c4cnc([C@@H]5CCCN5C(=O)[C@@H](NC(=O)OC)C5CCOCC5)[nH]4)ccc32)c[nH]1)C(C)C. The lowest BCUT2D eigenvalue weighted by molar-refractivity contribution is -0.137. The molecule has 4 N–H and O–H groups in total. The molecule has 8 heterocycles. The number of alkyl carbamates (subject to hydrolysis) is 2. The summed E-state index contributed by atoms with van der Waals surface area (Å²) in [6.45, 7) is 7.89. The lowest BCUT2D eigenvalue weighted by Crippen LogP contribution is -2.53. The Morgan fingerprint density at radius 1 is 0.870 bits per heavy atom. The highest BCUT2D eigenvalue weighted by Crippen LogP contribution is 2.48. The van der Waals surface area contributed by atoms with Crippen molar-refractivity contribution in [3.05, 3.63) is 88.1 Å². The molecule has 4 aromatic heterocycles. The number of halogens is 1. The van der Waals surface area contributed by atoms with Crippen LogP contribution < -0.4 is 15.4 Å². The van der Waals surface area contributed by atoms with Crippen LogP contribution in [0.15, 0.2) is 60.9 Å². The molecule has 5 atom stereocenters. The van der Waals surface area contributed by atoms with Gasteiger partial charge in [0.25, 0.3) is 0 Å². The fourth-order valence-corrected chi connectivity index (χ4v) is 11.4. The number of aromatic nitrogens is 5. The Morgan fingerprint density at radius 3 is 2.30 bits per heavy atom. The first-order valence-corrected chi connectivity index (χ1v) is 24.4. The minimum absolute atomic E-state index is 0.0731. The standard InChI is InChI=1S/C50H56FN9O8S/c1-26(2)42(56-49(63)65-4)46(61)58-16-6-8-36(58)45-53-25-34(55-45)30-21-32(51)41-38-22-31-20-29(11-12-35(31)60(38)48(68-39(41)23-30)40-13-10-27(3)69-40)33-24-52-44(54-33)37-9-7-17-59(37)47(62)43(57-50(64)66-5)28-14-18-67-19-15-28/h10-13,20-26,28,36-37,42-43,48H,6-9,14-19H2,1-5H3,(H,52,54)(H,53,55)(H,56,63)(H,57,64)/t36-,37-,42-,43-,48?/m0/s1. The molecule has 0 radical (unpaired) electrons. The van der Waals surface area contributed by atoms with Crippen LogP contribution in [0.4, 0.5) is 14.0 Å². The van der Waals surface area contributed by atoms with E-state index in [-0.39, 0.29) is 35.7 Å². The second-order valence-electron chi connectivity index (χ2n) is 18.6. The van der Waals surface area contributed by atoms with Crippen LogP contribution in [0, 0.1) is 24.6 Å². The van der Waals surface area contributed by atoms with Crippen LogP contribution in [0.2, 0.25) is 0 Å². The van der Waals surface area contributed by atoms with Crippen LogP contribution in [0.25, 0.3) is 44.7 Å². The lowest BCUT2D eigenvalue weighted by atomic mass is 9.90. The molecule has 2 aromatic carbocycles. The first kappa shape index (κ1) is 46.0. The highest BCUT2D eigenvalue weighted by Gasteiger charge is 2.41. The van der Waals surface area contributed by atoms with Crippen molar-refractivity contribution in [3.63, 3.8) is 0 Å². The summed E-state index contributed by atoms with van der Waals surface area (Å²) in [5.74, 6) is 0.517. The molecular formula is C50H56FN9O8S. The van der Waals surface area contributed by atoms with Gasteiger partial charge in [-0.15, -0.1) is 11.3 Å². The van der Waals surface area contributed by atoms with Gasteiger partial charge in [-0.2, -0.15) is 0 Å². The highest BCUT2D eigenvalue weighted by atomic mass is 32.1. The summed E-state index contributed by atoms with van der Waals surface area (Å²) >= 11 is 1.61. The van der Waals surface area contributed by atoms with Crippen molar-refractivity contribution in [3.8, 4) is 39.5 Å². The number of thiophene rings is 1. The van der Waals surface area contributed by atoms with E-state index in [2.05, 4.69) is 26.7 Å². The number of hydrogen-bond donors (Lipinski definition) is 4. The number of benzene rings is 2. The molecule has 6 aromatic rings. The number of imidazole rings is 2. The van der Waals surface area contributed by atoms with E-state index in [4.69, 9.17) is 28.9 Å². The number of amides is 4. The zero-order valence-electron chi connectivity index (χ0n) is 39.2. The van der Waals surface area contributed by atoms with Gasteiger partial charge in [-0.05, 0) is 99.7 Å². The zero-order valence-corrected chi connectivity index (χ0v) is 40.0. The fraction of sp³-hybridized carbons (Fsp3) is 0.440. The molecule has 17 nitrogen and oxygen atoms in total. The third-order valence-corrected chi connectivity index (χ3v) is 15.0. The van der Waals surface area contributed by atoms with E-state index in [9.17, 15) is 19.2 Å². The molecule has 69 heavy (non-hydrogen) atoms. The van der Waals surface area contributed by atoms with E-state index >= 15 is 4.39 Å². The van der Waals surface area contributed by atoms with Gasteiger partial charge < -0.3 is 49.3 Å². The zero-order chi connectivity index (χ0) is 48.1. The molecule has 1 unspecified atom stereocenters. The number of aryl methyl sites for hydroxylation is 1. The third kappa shape index (κ3) is 8.70. The molecule has 4 aliphatic heterocycles. The summed E-state index contributed by atoms with van der Waals surface area (Å²) in [5, 5.41) is 6.37. The quantitative estimate of drug-likeness (QED) is 0.0979. The Kier molecular flexibility index (Phi) is 12.7. The number of methoxy groups -OCH3 is 2. The minimum Gasteiger partial charge on any atom is -0.464 e. The van der Waals surface area contributed by atoms with Gasteiger partial charge in [-0.25, -0.2) is 23.9 Å². The van der Waals surface area contributed by atoms with Crippen molar-refractivity contribution >= 4 is 46.2 Å². The van der Waals surface area contributed by atoms with Gasteiger partial charge in [0.15, 0.2) is 0 Å². The first-order chi connectivity index (χ1) is 33.4. The number of H-pyrrole nitrogens is 2. The average Bonchev–Trinajstić information content (AvgIpc) is 4.22. The maximum atomic E-state index is 16.9. The molecule has 3 fully saturated rings. The Morgan fingerprint density at radius 2 is 1.59 bits per heavy atom. The van der Waals surface area contributed by atoms with E-state index in [1.165, 1.54) is 20.3 Å². The van der Waals surface area contributed by atoms with Gasteiger partial charge in [0.05, 0.1) is 65.5 Å². The van der Waals surface area contributed by atoms with Gasteiger partial charge in [-0.3, -0.25) is 14.2 Å². The number of rotatable bonds is 11. The molecule has 3 saturated heterocycles. The number of aromatic amines is 2. The number of carbonyl (C=O) groups is 4. The van der Waals surface area contributed by atoms with Crippen LogP contribution >= 0.6 is 11.3 Å². The largest absolute Gasteiger partial charge is 0.464 e. The van der Waals surface area contributed by atoms with Crippen molar-refractivity contribution in [2.24, 2.45) is 11.8 Å². The third-order valence-electron chi connectivity index (χ3n) is 14.0. The monoisotopic (exact) mass is 961 g/mol. The van der Waals surface area contributed by atoms with Crippen molar-refractivity contribution < 1.29 is 42.5 Å². The van der Waals surface area contributed by atoms with Gasteiger partial charge in [-0.1, -0.05) is 19.9 Å². The second-order valence-corrected chi connectivity index (χ2v) is 19.9. The normalized spacial score (nSPS) is 20.1. The smallest absolute Gasteiger partial charge is 0.407 e. The topological polar surface area (TPSA) is 198 Å². The predicted octanol–water partition coefficient (Wildman–Crippen LogP) is 8.40. The van der Waals surface area contributed by atoms with E-state index in [1.807, 2.05) is 66.6 Å². The predicted molar refractivity (Wildman–Crippen MR) is 255 cm³/mol. The number of hydrogen-bond acceptors (Lipinski definition) is 11. The summed E-state index contributed by atoms with van der Waals surface area (Å²) in [6.07, 6.45) is 5.87. The highest BCUT2D eigenvalue weighted by molar-refractivity contribution is 7.12. The van der Waals surface area contributed by atoms with Crippen LogP contribution in [0.3, 0.4) is 0 Å². The number of carbonyl (C=O) groups excluding carboxylic acids is 4. The van der Waals surface area contributed by atoms with Crippen LogP contribution in [-0.2, 0) is 23.8 Å².